The summed E-state index contributed by atoms with van der Waals surface area (Å²) in [5, 5.41) is 13.3. The number of thioether (sulfide) groups is 1. The Morgan fingerprint density at radius 3 is 2.52 bits per heavy atom. The Labute approximate surface area is 203 Å². The average molecular weight is 523 g/mol. The molecule has 2 aromatic carbocycles. The van der Waals surface area contributed by atoms with Gasteiger partial charge in [0.1, 0.15) is 5.75 Å². The van der Waals surface area contributed by atoms with E-state index in [0.29, 0.717) is 11.0 Å². The molecule has 0 radical (unpaired) electrons. The zero-order valence-electron chi connectivity index (χ0n) is 17.6. The Bertz CT molecular complexity index is 1240. The number of hydrazone groups is 1. The Balaban J connectivity index is 1.47. The van der Waals surface area contributed by atoms with Gasteiger partial charge in [-0.3, -0.25) is 14.3 Å². The summed E-state index contributed by atoms with van der Waals surface area (Å²) >= 11 is 4.74. The molecule has 0 aliphatic rings. The van der Waals surface area contributed by atoms with Crippen LogP contribution in [0.1, 0.15) is 5.56 Å². The lowest BCUT2D eigenvalue weighted by molar-refractivity contribution is -0.118. The van der Waals surface area contributed by atoms with Gasteiger partial charge in [0.25, 0.3) is 5.91 Å². The van der Waals surface area contributed by atoms with Crippen LogP contribution < -0.4 is 10.2 Å². The lowest BCUT2D eigenvalue weighted by Gasteiger charge is -2.10. The highest BCUT2D eigenvalue weighted by Crippen LogP contribution is 2.28. The predicted octanol–water partition coefficient (Wildman–Crippen LogP) is 4.34. The Morgan fingerprint density at radius 2 is 1.82 bits per heavy atom. The van der Waals surface area contributed by atoms with Crippen molar-refractivity contribution in [2.75, 3.05) is 12.9 Å². The maximum Gasteiger partial charge on any atom is 0.250 e. The van der Waals surface area contributed by atoms with E-state index < -0.39 is 0 Å². The van der Waals surface area contributed by atoms with E-state index in [0.717, 1.165) is 27.0 Å². The van der Waals surface area contributed by atoms with Crippen LogP contribution in [0.25, 0.3) is 17.1 Å². The lowest BCUT2D eigenvalue weighted by Crippen LogP contribution is -2.20. The number of hydrogen-bond donors (Lipinski definition) is 1. The second-order valence-electron chi connectivity index (χ2n) is 6.71. The molecule has 0 unspecified atom stereocenters. The fourth-order valence-corrected chi connectivity index (χ4v) is 3.91. The van der Waals surface area contributed by atoms with Gasteiger partial charge in [-0.1, -0.05) is 27.7 Å². The van der Waals surface area contributed by atoms with Crippen LogP contribution in [0.3, 0.4) is 0 Å². The second kappa shape index (κ2) is 10.9. The number of benzene rings is 2. The molecule has 0 fully saturated rings. The minimum absolute atomic E-state index is 0.130. The van der Waals surface area contributed by atoms with Crippen LogP contribution in [-0.4, -0.2) is 44.7 Å². The molecule has 0 saturated heterocycles. The van der Waals surface area contributed by atoms with Crippen molar-refractivity contribution in [2.45, 2.75) is 5.16 Å². The van der Waals surface area contributed by atoms with Gasteiger partial charge in [-0.15, -0.1) is 10.2 Å². The maximum atomic E-state index is 12.3. The maximum absolute atomic E-state index is 12.3. The van der Waals surface area contributed by atoms with E-state index in [4.69, 9.17) is 4.74 Å². The molecule has 33 heavy (non-hydrogen) atoms. The minimum atomic E-state index is -0.249. The molecule has 8 nitrogen and oxygen atoms in total. The molecule has 0 aliphatic heterocycles. The smallest absolute Gasteiger partial charge is 0.250 e. The van der Waals surface area contributed by atoms with Crippen molar-refractivity contribution in [1.82, 2.24) is 25.2 Å². The molecule has 0 saturated carbocycles. The molecule has 2 heterocycles. The normalized spacial score (nSPS) is 11.0. The SMILES string of the molecule is COc1ccc(/C=N\NC(=O)CSc2nnc(-c3ccncc3)n2-c2ccc(Br)cc2)cc1. The number of amides is 1. The molecule has 0 aliphatic carbocycles. The van der Waals surface area contributed by atoms with E-state index >= 15 is 0 Å². The van der Waals surface area contributed by atoms with Gasteiger partial charge in [0, 0.05) is 28.1 Å². The van der Waals surface area contributed by atoms with Gasteiger partial charge in [-0.2, -0.15) is 5.10 Å². The zero-order chi connectivity index (χ0) is 23.0. The van der Waals surface area contributed by atoms with Crippen LogP contribution >= 0.6 is 27.7 Å². The van der Waals surface area contributed by atoms with Crippen LogP contribution in [0, 0.1) is 0 Å². The number of hydrogen-bond acceptors (Lipinski definition) is 7. The molecule has 0 bridgehead atoms. The van der Waals surface area contributed by atoms with E-state index in [-0.39, 0.29) is 11.7 Å². The molecule has 4 rings (SSSR count). The Morgan fingerprint density at radius 1 is 1.09 bits per heavy atom. The molecule has 0 atom stereocenters. The summed E-state index contributed by atoms with van der Waals surface area (Å²) in [4.78, 5) is 16.4. The van der Waals surface area contributed by atoms with Crippen LogP contribution in [0.2, 0.25) is 0 Å². The first-order chi connectivity index (χ1) is 16.1. The quantitative estimate of drug-likeness (QED) is 0.210. The van der Waals surface area contributed by atoms with Crippen molar-refractivity contribution in [3.63, 3.8) is 0 Å². The van der Waals surface area contributed by atoms with Crippen molar-refractivity contribution in [3.05, 3.63) is 83.1 Å². The molecule has 2 aromatic heterocycles. The summed E-state index contributed by atoms with van der Waals surface area (Å²) in [5.41, 5.74) is 5.15. The summed E-state index contributed by atoms with van der Waals surface area (Å²) in [5.74, 6) is 1.31. The van der Waals surface area contributed by atoms with Crippen LogP contribution in [0.5, 0.6) is 5.75 Å². The Hall–Kier alpha value is -3.50. The molecular weight excluding hydrogens is 504 g/mol. The molecular formula is C23H19BrN6O2S. The highest BCUT2D eigenvalue weighted by molar-refractivity contribution is 9.10. The molecule has 10 heteroatoms. The number of carbonyl (C=O) groups is 1. The number of aromatic nitrogens is 4. The van der Waals surface area contributed by atoms with Crippen LogP contribution in [0.15, 0.2) is 87.8 Å². The lowest BCUT2D eigenvalue weighted by atomic mass is 10.2. The zero-order valence-corrected chi connectivity index (χ0v) is 20.0. The van der Waals surface area contributed by atoms with Gasteiger partial charge >= 0.3 is 0 Å². The number of rotatable bonds is 8. The molecule has 166 valence electrons. The first kappa shape index (κ1) is 22.7. The molecule has 1 N–H and O–H groups in total. The summed E-state index contributed by atoms with van der Waals surface area (Å²) in [7, 11) is 1.61. The first-order valence-corrected chi connectivity index (χ1v) is 11.6. The number of nitrogens with one attached hydrogen (secondary N) is 1. The van der Waals surface area contributed by atoms with Gasteiger partial charge in [0.2, 0.25) is 0 Å². The number of carbonyl (C=O) groups excluding carboxylic acids is 1. The summed E-state index contributed by atoms with van der Waals surface area (Å²) < 4.78 is 8.01. The molecule has 1 amide bonds. The highest BCUT2D eigenvalue weighted by atomic mass is 79.9. The predicted molar refractivity (Wildman–Crippen MR) is 132 cm³/mol. The number of pyridine rings is 1. The van der Waals surface area contributed by atoms with Crippen molar-refractivity contribution in [3.8, 4) is 22.8 Å². The molecule has 0 spiro atoms. The largest absolute Gasteiger partial charge is 0.497 e. The third-order valence-electron chi connectivity index (χ3n) is 4.51. The highest BCUT2D eigenvalue weighted by Gasteiger charge is 2.17. The second-order valence-corrected chi connectivity index (χ2v) is 8.57. The topological polar surface area (TPSA) is 94.3 Å². The third kappa shape index (κ3) is 5.85. The summed E-state index contributed by atoms with van der Waals surface area (Å²) in [6, 6.07) is 18.9. The van der Waals surface area contributed by atoms with E-state index in [2.05, 4.69) is 41.6 Å². The van der Waals surface area contributed by atoms with E-state index in [1.165, 1.54) is 11.8 Å². The van der Waals surface area contributed by atoms with Gasteiger partial charge < -0.3 is 4.74 Å². The summed E-state index contributed by atoms with van der Waals surface area (Å²) in [6.45, 7) is 0. The van der Waals surface area contributed by atoms with Gasteiger partial charge in [-0.25, -0.2) is 5.43 Å². The van der Waals surface area contributed by atoms with Crippen molar-refractivity contribution < 1.29 is 9.53 Å². The van der Waals surface area contributed by atoms with Crippen molar-refractivity contribution >= 4 is 39.8 Å². The van der Waals surface area contributed by atoms with E-state index in [1.807, 2.05) is 65.2 Å². The van der Waals surface area contributed by atoms with Gasteiger partial charge in [-0.05, 0) is 66.2 Å². The van der Waals surface area contributed by atoms with E-state index in [1.54, 1.807) is 25.7 Å². The first-order valence-electron chi connectivity index (χ1n) is 9.84. The fourth-order valence-electron chi connectivity index (χ4n) is 2.91. The minimum Gasteiger partial charge on any atom is -0.497 e. The number of methoxy groups -OCH3 is 1. The number of nitrogens with zero attached hydrogens (tertiary/aromatic N) is 5. The number of halogens is 1. The standard InChI is InChI=1S/C23H19BrN6O2S/c1-32-20-8-2-16(3-9-20)14-26-27-21(31)15-33-23-29-28-22(17-10-12-25-13-11-17)30(23)19-6-4-18(24)5-7-19/h2-14H,15H2,1H3,(H,27,31)/b26-14-. The van der Waals surface area contributed by atoms with Crippen molar-refractivity contribution in [2.24, 2.45) is 5.10 Å². The van der Waals surface area contributed by atoms with Crippen LogP contribution in [-0.2, 0) is 4.79 Å². The Kier molecular flexibility index (Phi) is 7.48. The van der Waals surface area contributed by atoms with E-state index in [9.17, 15) is 4.79 Å². The summed E-state index contributed by atoms with van der Waals surface area (Å²) in [6.07, 6.45) is 4.99. The van der Waals surface area contributed by atoms with Crippen LogP contribution in [0.4, 0.5) is 0 Å². The van der Waals surface area contributed by atoms with Gasteiger partial charge in [0.05, 0.1) is 19.1 Å². The third-order valence-corrected chi connectivity index (χ3v) is 5.97. The van der Waals surface area contributed by atoms with Gasteiger partial charge in [0.15, 0.2) is 11.0 Å². The fraction of sp³-hybridized carbons (Fsp3) is 0.0870. The number of ether oxygens (including phenoxy) is 1. The monoisotopic (exact) mass is 522 g/mol. The average Bonchev–Trinajstić information content (AvgIpc) is 3.28. The molecule has 4 aromatic rings. The van der Waals surface area contributed by atoms with Crippen molar-refractivity contribution in [1.29, 1.82) is 0 Å².